The maximum Gasteiger partial charge on any atom is 0.210 e. The smallest absolute Gasteiger partial charge is 0.210 e. The van der Waals surface area contributed by atoms with Gasteiger partial charge in [0.05, 0.1) is 17.0 Å². The van der Waals surface area contributed by atoms with Gasteiger partial charge in [0, 0.05) is 44.3 Å². The minimum Gasteiger partial charge on any atom is -0.378 e. The maximum absolute atomic E-state index is 11.1. The number of nitrogens with two attached hydrogens (primary N) is 1. The highest BCUT2D eigenvalue weighted by atomic mass is 32.2. The van der Waals surface area contributed by atoms with Crippen molar-refractivity contribution in [2.75, 3.05) is 36.6 Å². The minimum absolute atomic E-state index is 0.139. The number of fused-ring (bicyclic) bond motifs is 1. The Labute approximate surface area is 152 Å². The lowest BCUT2D eigenvalue weighted by Crippen LogP contribution is -2.22. The first-order valence-corrected chi connectivity index (χ1v) is 9.69. The second-order valence-corrected chi connectivity index (χ2v) is 7.75. The summed E-state index contributed by atoms with van der Waals surface area (Å²) in [6.07, 6.45) is 3.18. The van der Waals surface area contributed by atoms with Crippen molar-refractivity contribution in [1.29, 1.82) is 0 Å². The summed E-state index contributed by atoms with van der Waals surface area (Å²) in [5.41, 5.74) is 3.99. The molecule has 0 radical (unpaired) electrons. The van der Waals surface area contributed by atoms with Gasteiger partial charge in [0.15, 0.2) is 5.82 Å². The van der Waals surface area contributed by atoms with Gasteiger partial charge in [-0.1, -0.05) is 12.1 Å². The van der Waals surface area contributed by atoms with Crippen molar-refractivity contribution in [2.45, 2.75) is 0 Å². The molecule has 0 aliphatic carbocycles. The largest absolute Gasteiger partial charge is 0.378 e. The van der Waals surface area contributed by atoms with Crippen molar-refractivity contribution in [3.05, 3.63) is 42.7 Å². The highest BCUT2D eigenvalue weighted by molar-refractivity contribution is 7.89. The fraction of sp³-hybridized carbons (Fsp3) is 0.235. The first-order chi connectivity index (χ1) is 12.3. The van der Waals surface area contributed by atoms with Crippen LogP contribution in [0.2, 0.25) is 0 Å². The number of pyridine rings is 1. The van der Waals surface area contributed by atoms with Gasteiger partial charge in [-0.05, 0) is 18.2 Å². The summed E-state index contributed by atoms with van der Waals surface area (Å²) in [5.74, 6) is 0.281. The molecule has 0 aliphatic rings. The topological polar surface area (TPSA) is 114 Å². The number of primary sulfonamides is 1. The zero-order valence-corrected chi connectivity index (χ0v) is 15.4. The first-order valence-electron chi connectivity index (χ1n) is 7.97. The van der Waals surface area contributed by atoms with Crippen molar-refractivity contribution in [1.82, 2.24) is 15.0 Å². The number of sulfonamides is 1. The number of hydrogen-bond acceptors (Lipinski definition) is 7. The van der Waals surface area contributed by atoms with Crippen LogP contribution in [0.5, 0.6) is 0 Å². The molecule has 1 aromatic carbocycles. The van der Waals surface area contributed by atoms with E-state index >= 15 is 0 Å². The highest BCUT2D eigenvalue weighted by Crippen LogP contribution is 2.26. The van der Waals surface area contributed by atoms with E-state index < -0.39 is 10.0 Å². The van der Waals surface area contributed by atoms with E-state index in [-0.39, 0.29) is 12.3 Å². The van der Waals surface area contributed by atoms with E-state index in [1.165, 1.54) is 0 Å². The van der Waals surface area contributed by atoms with Crippen LogP contribution in [0, 0.1) is 0 Å². The van der Waals surface area contributed by atoms with Crippen molar-refractivity contribution < 1.29 is 8.42 Å². The Morgan fingerprint density at radius 1 is 1.12 bits per heavy atom. The highest BCUT2D eigenvalue weighted by Gasteiger charge is 2.11. The molecule has 2 heterocycles. The Kier molecular flexibility index (Phi) is 5.01. The van der Waals surface area contributed by atoms with Gasteiger partial charge in [-0.3, -0.25) is 4.98 Å². The average molecular weight is 372 g/mol. The molecule has 136 valence electrons. The Morgan fingerprint density at radius 3 is 2.46 bits per heavy atom. The number of nitrogens with one attached hydrogen (secondary N) is 1. The van der Waals surface area contributed by atoms with Crippen LogP contribution in [0.3, 0.4) is 0 Å². The molecule has 0 spiro atoms. The summed E-state index contributed by atoms with van der Waals surface area (Å²) in [5, 5.41) is 8.05. The summed E-state index contributed by atoms with van der Waals surface area (Å²) in [7, 11) is 0.403. The summed E-state index contributed by atoms with van der Waals surface area (Å²) < 4.78 is 22.3. The first kappa shape index (κ1) is 18.0. The summed E-state index contributed by atoms with van der Waals surface area (Å²) in [6.45, 7) is 0.139. The number of nitrogens with zero attached hydrogens (tertiary/aromatic N) is 4. The maximum atomic E-state index is 11.1. The van der Waals surface area contributed by atoms with Crippen LogP contribution in [-0.4, -0.2) is 49.8 Å². The molecular formula is C17H20N6O2S. The third-order valence-corrected chi connectivity index (χ3v) is 4.59. The normalized spacial score (nSPS) is 11.5. The third-order valence-electron chi connectivity index (χ3n) is 3.82. The van der Waals surface area contributed by atoms with Crippen LogP contribution in [0.15, 0.2) is 42.7 Å². The Balaban J connectivity index is 1.98. The van der Waals surface area contributed by atoms with Crippen molar-refractivity contribution in [3.8, 4) is 11.3 Å². The zero-order valence-electron chi connectivity index (χ0n) is 14.5. The lowest BCUT2D eigenvalue weighted by Gasteiger charge is -2.13. The molecule has 26 heavy (non-hydrogen) atoms. The number of anilines is 2. The second kappa shape index (κ2) is 7.22. The summed E-state index contributed by atoms with van der Waals surface area (Å²) >= 11 is 0. The van der Waals surface area contributed by atoms with Crippen molar-refractivity contribution >= 4 is 32.6 Å². The van der Waals surface area contributed by atoms with E-state index in [0.29, 0.717) is 16.9 Å². The summed E-state index contributed by atoms with van der Waals surface area (Å²) in [6, 6.07) is 9.83. The average Bonchev–Trinajstić information content (AvgIpc) is 2.60. The van der Waals surface area contributed by atoms with Gasteiger partial charge in [0.2, 0.25) is 10.0 Å². The molecule has 2 aromatic heterocycles. The molecule has 0 bridgehead atoms. The SMILES string of the molecule is CN(C)c1ccc(-c2cc3nccnc3c(NCCS(N)(=O)=O)n2)cc1. The van der Waals surface area contributed by atoms with E-state index in [0.717, 1.165) is 16.9 Å². The molecular weight excluding hydrogens is 352 g/mol. The van der Waals surface area contributed by atoms with E-state index in [2.05, 4.69) is 20.3 Å². The molecule has 9 heteroatoms. The molecule has 0 saturated heterocycles. The molecule has 3 N–H and O–H groups in total. The van der Waals surface area contributed by atoms with Gasteiger partial charge >= 0.3 is 0 Å². The molecule has 0 atom stereocenters. The fourth-order valence-corrected chi connectivity index (χ4v) is 2.87. The fourth-order valence-electron chi connectivity index (χ4n) is 2.49. The van der Waals surface area contributed by atoms with E-state index in [1.54, 1.807) is 12.4 Å². The van der Waals surface area contributed by atoms with Gasteiger partial charge in [-0.25, -0.2) is 23.5 Å². The molecule has 8 nitrogen and oxygen atoms in total. The lowest BCUT2D eigenvalue weighted by molar-refractivity contribution is 0.598. The van der Waals surface area contributed by atoms with Crippen LogP contribution in [-0.2, 0) is 10.0 Å². The van der Waals surface area contributed by atoms with Gasteiger partial charge in [-0.2, -0.15) is 0 Å². The monoisotopic (exact) mass is 372 g/mol. The minimum atomic E-state index is -3.55. The molecule has 0 amide bonds. The van der Waals surface area contributed by atoms with Crippen LogP contribution in [0.25, 0.3) is 22.3 Å². The number of aromatic nitrogens is 3. The van der Waals surface area contributed by atoms with E-state index in [4.69, 9.17) is 5.14 Å². The standard InChI is InChI=1S/C17H20N6O2S/c1-23(2)13-5-3-12(4-6-13)14-11-15-16(20-8-7-19-15)17(22-14)21-9-10-26(18,24)25/h3-8,11H,9-10H2,1-2H3,(H,21,22)(H2,18,24,25). The lowest BCUT2D eigenvalue weighted by atomic mass is 10.1. The van der Waals surface area contributed by atoms with Gasteiger partial charge in [0.1, 0.15) is 5.52 Å². The third kappa shape index (κ3) is 4.24. The van der Waals surface area contributed by atoms with Gasteiger partial charge < -0.3 is 10.2 Å². The number of benzene rings is 1. The molecule has 0 fully saturated rings. The van der Waals surface area contributed by atoms with Crippen LogP contribution < -0.4 is 15.4 Å². The molecule has 0 aliphatic heterocycles. The van der Waals surface area contributed by atoms with E-state index in [1.807, 2.05) is 49.3 Å². The van der Waals surface area contributed by atoms with Gasteiger partial charge in [0.25, 0.3) is 0 Å². The van der Waals surface area contributed by atoms with Crippen LogP contribution in [0.4, 0.5) is 11.5 Å². The number of hydrogen-bond donors (Lipinski definition) is 2. The molecule has 3 rings (SSSR count). The van der Waals surface area contributed by atoms with Gasteiger partial charge in [-0.15, -0.1) is 0 Å². The Bertz CT molecular complexity index is 1020. The molecule has 0 unspecified atom stereocenters. The number of rotatable bonds is 6. The van der Waals surface area contributed by atoms with Crippen molar-refractivity contribution in [2.24, 2.45) is 5.14 Å². The van der Waals surface area contributed by atoms with Crippen LogP contribution in [0.1, 0.15) is 0 Å². The Hall–Kier alpha value is -2.78. The Morgan fingerprint density at radius 2 is 1.81 bits per heavy atom. The van der Waals surface area contributed by atoms with Crippen molar-refractivity contribution in [3.63, 3.8) is 0 Å². The predicted octanol–water partition coefficient (Wildman–Crippen LogP) is 1.46. The summed E-state index contributed by atoms with van der Waals surface area (Å²) in [4.78, 5) is 15.3. The quantitative estimate of drug-likeness (QED) is 0.673. The molecule has 0 saturated carbocycles. The molecule has 3 aromatic rings. The second-order valence-electron chi connectivity index (χ2n) is 6.02. The zero-order chi connectivity index (χ0) is 18.7. The van der Waals surface area contributed by atoms with E-state index in [9.17, 15) is 8.42 Å². The van der Waals surface area contributed by atoms with Crippen LogP contribution >= 0.6 is 0 Å². The predicted molar refractivity (Wildman–Crippen MR) is 104 cm³/mol.